The van der Waals surface area contributed by atoms with Gasteiger partial charge in [-0.3, -0.25) is 0 Å². The lowest BCUT2D eigenvalue weighted by Gasteiger charge is -2.11. The molecule has 0 aliphatic heterocycles. The molecule has 3 aromatic rings. The Labute approximate surface area is 155 Å². The molecule has 0 bridgehead atoms. The number of aromatic amines is 1. The second kappa shape index (κ2) is 7.63. The highest BCUT2D eigenvalue weighted by Crippen LogP contribution is 2.23. The van der Waals surface area contributed by atoms with Crippen LogP contribution >= 0.6 is 23.8 Å². The van der Waals surface area contributed by atoms with Crippen LogP contribution in [0.3, 0.4) is 0 Å². The highest BCUT2D eigenvalue weighted by molar-refractivity contribution is 7.71. The summed E-state index contributed by atoms with van der Waals surface area (Å²) in [6.07, 6.45) is 1.68. The Kier molecular flexibility index (Phi) is 5.31. The van der Waals surface area contributed by atoms with Crippen molar-refractivity contribution in [3.05, 3.63) is 74.8 Å². The van der Waals surface area contributed by atoms with E-state index in [0.717, 1.165) is 22.4 Å². The summed E-state index contributed by atoms with van der Waals surface area (Å²) in [6, 6.07) is 13.4. The summed E-state index contributed by atoms with van der Waals surface area (Å²) in [7, 11) is 0. The fourth-order valence-electron chi connectivity index (χ4n) is 2.41. The Bertz CT molecular complexity index is 957. The predicted molar refractivity (Wildman–Crippen MR) is 102 cm³/mol. The molecule has 0 aliphatic carbocycles. The molecule has 0 radical (unpaired) electrons. The summed E-state index contributed by atoms with van der Waals surface area (Å²) in [4.78, 5) is 0. The Morgan fingerprint density at radius 3 is 2.68 bits per heavy atom. The van der Waals surface area contributed by atoms with Crippen LogP contribution in [0.15, 0.2) is 47.6 Å². The van der Waals surface area contributed by atoms with Crippen molar-refractivity contribution >= 4 is 30.0 Å². The monoisotopic (exact) mass is 372 g/mol. The molecule has 1 N–H and O–H groups in total. The molecule has 7 heteroatoms. The molecule has 0 aliphatic rings. The number of ether oxygens (including phenoxy) is 1. The summed E-state index contributed by atoms with van der Waals surface area (Å²) in [5, 5.41) is 12.0. The van der Waals surface area contributed by atoms with Gasteiger partial charge in [-0.25, -0.2) is 5.10 Å². The van der Waals surface area contributed by atoms with Crippen molar-refractivity contribution in [2.45, 2.75) is 20.5 Å². The minimum atomic E-state index is 0.256. The third kappa shape index (κ3) is 4.15. The molecule has 1 heterocycles. The average molecular weight is 373 g/mol. The molecule has 0 saturated carbocycles. The van der Waals surface area contributed by atoms with Gasteiger partial charge < -0.3 is 4.74 Å². The van der Waals surface area contributed by atoms with Gasteiger partial charge in [0.25, 0.3) is 0 Å². The zero-order chi connectivity index (χ0) is 17.8. The van der Waals surface area contributed by atoms with Crippen LogP contribution in [0.5, 0.6) is 5.75 Å². The van der Waals surface area contributed by atoms with E-state index in [1.54, 1.807) is 10.9 Å². The van der Waals surface area contributed by atoms with Gasteiger partial charge in [0.2, 0.25) is 4.77 Å². The van der Waals surface area contributed by atoms with E-state index in [2.05, 4.69) is 15.3 Å². The Morgan fingerprint density at radius 1 is 1.24 bits per heavy atom. The maximum absolute atomic E-state index is 5.99. The molecule has 0 unspecified atom stereocenters. The zero-order valence-electron chi connectivity index (χ0n) is 13.9. The van der Waals surface area contributed by atoms with E-state index in [1.165, 1.54) is 0 Å². The third-order valence-corrected chi connectivity index (χ3v) is 4.14. The Hall–Kier alpha value is -2.44. The van der Waals surface area contributed by atoms with Crippen molar-refractivity contribution in [1.82, 2.24) is 14.9 Å². The van der Waals surface area contributed by atoms with E-state index >= 15 is 0 Å². The summed E-state index contributed by atoms with van der Waals surface area (Å²) in [5.41, 5.74) is 3.02. The molecule has 5 nitrogen and oxygen atoms in total. The van der Waals surface area contributed by atoms with Crippen LogP contribution in [0.25, 0.3) is 0 Å². The van der Waals surface area contributed by atoms with Gasteiger partial charge >= 0.3 is 0 Å². The van der Waals surface area contributed by atoms with Crippen molar-refractivity contribution in [3.63, 3.8) is 0 Å². The lowest BCUT2D eigenvalue weighted by molar-refractivity contribution is 0.287. The van der Waals surface area contributed by atoms with Gasteiger partial charge in [-0.2, -0.15) is 14.9 Å². The maximum Gasteiger partial charge on any atom is 0.216 e. The lowest BCUT2D eigenvalue weighted by Crippen LogP contribution is -2.05. The number of para-hydroxylation sites is 1. The highest BCUT2D eigenvalue weighted by atomic mass is 35.5. The van der Waals surface area contributed by atoms with Crippen LogP contribution in [0.1, 0.15) is 22.5 Å². The van der Waals surface area contributed by atoms with Crippen molar-refractivity contribution in [3.8, 4) is 5.75 Å². The average Bonchev–Trinajstić information content (AvgIpc) is 2.93. The number of nitrogens with zero attached hydrogens (tertiary/aromatic N) is 3. The normalized spacial score (nSPS) is 11.2. The van der Waals surface area contributed by atoms with E-state index in [1.807, 2.05) is 56.3 Å². The number of halogens is 1. The molecule has 0 atom stereocenters. The molecule has 0 spiro atoms. The van der Waals surface area contributed by atoms with E-state index in [9.17, 15) is 0 Å². The highest BCUT2D eigenvalue weighted by Gasteiger charge is 2.09. The van der Waals surface area contributed by atoms with Crippen LogP contribution < -0.4 is 4.74 Å². The maximum atomic E-state index is 5.99. The standard InChI is InChI=1S/C18H17ClN4OS/c1-12-5-3-6-13(2)17(12)24-11-16-21-22-18(25)23(16)20-10-14-7-4-8-15(19)9-14/h3-10H,11H2,1-2H3,(H,22,25)/b20-10-. The van der Waals surface area contributed by atoms with E-state index in [0.29, 0.717) is 15.6 Å². The molecule has 2 aromatic carbocycles. The largest absolute Gasteiger partial charge is 0.485 e. The molecule has 0 fully saturated rings. The van der Waals surface area contributed by atoms with E-state index in [4.69, 9.17) is 28.6 Å². The molecule has 3 rings (SSSR count). The smallest absolute Gasteiger partial charge is 0.216 e. The predicted octanol–water partition coefficient (Wildman–Crippen LogP) is 4.67. The number of hydrogen-bond donors (Lipinski definition) is 1. The number of aryl methyl sites for hydroxylation is 2. The zero-order valence-corrected chi connectivity index (χ0v) is 15.4. The van der Waals surface area contributed by atoms with Crippen molar-refractivity contribution < 1.29 is 4.74 Å². The minimum absolute atomic E-state index is 0.256. The van der Waals surface area contributed by atoms with E-state index in [-0.39, 0.29) is 6.61 Å². The fraction of sp³-hybridized carbons (Fsp3) is 0.167. The molecule has 25 heavy (non-hydrogen) atoms. The second-order valence-corrected chi connectivity index (χ2v) is 6.39. The molecule has 0 saturated heterocycles. The topological polar surface area (TPSA) is 55.2 Å². The van der Waals surface area contributed by atoms with Crippen molar-refractivity contribution in [2.24, 2.45) is 5.10 Å². The molecule has 128 valence electrons. The number of rotatable bonds is 5. The van der Waals surface area contributed by atoms with Crippen LogP contribution in [-0.4, -0.2) is 21.1 Å². The van der Waals surface area contributed by atoms with Gasteiger partial charge in [0.05, 0.1) is 6.21 Å². The summed E-state index contributed by atoms with van der Waals surface area (Å²) in [6.45, 7) is 4.28. The Balaban J connectivity index is 1.81. The number of H-pyrrole nitrogens is 1. The van der Waals surface area contributed by atoms with Crippen molar-refractivity contribution in [1.29, 1.82) is 0 Å². The van der Waals surface area contributed by atoms with Gasteiger partial charge in [0.1, 0.15) is 12.4 Å². The SMILES string of the molecule is Cc1cccc(C)c1OCc1n[nH]c(=S)n1/N=C\c1cccc(Cl)c1. The van der Waals surface area contributed by atoms with Gasteiger partial charge in [-0.1, -0.05) is 41.9 Å². The number of benzene rings is 2. The minimum Gasteiger partial charge on any atom is -0.485 e. The van der Waals surface area contributed by atoms with Crippen LogP contribution in [0.2, 0.25) is 5.02 Å². The summed E-state index contributed by atoms with van der Waals surface area (Å²) >= 11 is 11.2. The van der Waals surface area contributed by atoms with Crippen LogP contribution in [0, 0.1) is 18.6 Å². The van der Waals surface area contributed by atoms with Gasteiger partial charge in [0.15, 0.2) is 5.82 Å². The Morgan fingerprint density at radius 2 is 1.96 bits per heavy atom. The quantitative estimate of drug-likeness (QED) is 0.523. The van der Waals surface area contributed by atoms with E-state index < -0.39 is 0 Å². The van der Waals surface area contributed by atoms with Gasteiger partial charge in [-0.15, -0.1) is 0 Å². The number of hydrogen-bond acceptors (Lipinski definition) is 4. The van der Waals surface area contributed by atoms with Crippen molar-refractivity contribution in [2.75, 3.05) is 0 Å². The lowest BCUT2D eigenvalue weighted by atomic mass is 10.1. The van der Waals surface area contributed by atoms with Crippen LogP contribution in [0.4, 0.5) is 0 Å². The fourth-order valence-corrected chi connectivity index (χ4v) is 2.81. The molecule has 1 aromatic heterocycles. The summed E-state index contributed by atoms with van der Waals surface area (Å²) in [5.74, 6) is 1.44. The molecular formula is C18H17ClN4OS. The molecule has 0 amide bonds. The van der Waals surface area contributed by atoms with Gasteiger partial charge in [0, 0.05) is 5.02 Å². The number of nitrogens with one attached hydrogen (secondary N) is 1. The first-order valence-corrected chi connectivity index (χ1v) is 8.48. The first kappa shape index (κ1) is 17.4. The summed E-state index contributed by atoms with van der Waals surface area (Å²) < 4.78 is 7.88. The first-order valence-electron chi connectivity index (χ1n) is 7.70. The number of aromatic nitrogens is 3. The first-order chi connectivity index (χ1) is 12.0. The third-order valence-electron chi connectivity index (χ3n) is 3.64. The second-order valence-electron chi connectivity index (χ2n) is 5.57. The van der Waals surface area contributed by atoms with Gasteiger partial charge in [-0.05, 0) is 54.9 Å². The van der Waals surface area contributed by atoms with Crippen LogP contribution in [-0.2, 0) is 6.61 Å². The molecular weight excluding hydrogens is 356 g/mol.